The summed E-state index contributed by atoms with van der Waals surface area (Å²) in [5.41, 5.74) is 0.733. The van der Waals surface area contributed by atoms with Gasteiger partial charge in [0.15, 0.2) is 5.82 Å². The van der Waals surface area contributed by atoms with E-state index in [2.05, 4.69) is 20.2 Å². The van der Waals surface area contributed by atoms with Gasteiger partial charge in [0, 0.05) is 37.6 Å². The number of aromatic nitrogens is 4. The molecule has 10 heteroatoms. The topological polar surface area (TPSA) is 72.3 Å². The lowest BCUT2D eigenvalue weighted by Gasteiger charge is -2.39. The first-order valence-electron chi connectivity index (χ1n) is 12.3. The molecule has 0 saturated carbocycles. The predicted molar refractivity (Wildman–Crippen MR) is 137 cm³/mol. The van der Waals surface area contributed by atoms with Crippen LogP contribution in [0.3, 0.4) is 0 Å². The van der Waals surface area contributed by atoms with Crippen molar-refractivity contribution in [3.63, 3.8) is 0 Å². The van der Waals surface area contributed by atoms with E-state index in [0.29, 0.717) is 18.8 Å². The Morgan fingerprint density at radius 2 is 1.92 bits per heavy atom. The van der Waals surface area contributed by atoms with Gasteiger partial charge in [-0.3, -0.25) is 14.0 Å². The van der Waals surface area contributed by atoms with E-state index in [1.54, 1.807) is 29.1 Å². The first-order chi connectivity index (χ1) is 17.9. The highest BCUT2D eigenvalue weighted by Gasteiger charge is 2.38. The van der Waals surface area contributed by atoms with Crippen molar-refractivity contribution < 1.29 is 8.78 Å². The predicted octanol–water partition coefficient (Wildman–Crippen LogP) is 4.20. The van der Waals surface area contributed by atoms with Crippen molar-refractivity contribution in [1.82, 2.24) is 24.6 Å². The maximum absolute atomic E-state index is 15.7. The molecule has 0 aliphatic carbocycles. The third-order valence-corrected chi connectivity index (χ3v) is 7.78. The lowest BCUT2D eigenvalue weighted by Crippen LogP contribution is -2.43. The molecule has 0 radical (unpaired) electrons. The number of halogens is 2. The molecule has 2 aliphatic rings. The fraction of sp³-hybridized carbons (Fsp3) is 0.333. The van der Waals surface area contributed by atoms with Crippen molar-refractivity contribution in [2.24, 2.45) is 12.5 Å². The van der Waals surface area contributed by atoms with Gasteiger partial charge in [-0.1, -0.05) is 12.1 Å². The van der Waals surface area contributed by atoms with E-state index in [1.807, 2.05) is 11.9 Å². The minimum atomic E-state index is -0.936. The van der Waals surface area contributed by atoms with Crippen LogP contribution in [0.1, 0.15) is 19.3 Å². The highest BCUT2D eigenvalue weighted by atomic mass is 19.1. The Balaban J connectivity index is 1.51. The average molecular weight is 502 g/mol. The maximum Gasteiger partial charge on any atom is 0.296 e. The first kappa shape index (κ1) is 23.3. The minimum Gasteiger partial charge on any atom is -0.354 e. The number of nitrogens with one attached hydrogen (secondary N) is 1. The second kappa shape index (κ2) is 8.78. The van der Waals surface area contributed by atoms with E-state index in [4.69, 9.17) is 6.57 Å². The van der Waals surface area contributed by atoms with Crippen LogP contribution >= 0.6 is 0 Å². The second-order valence-corrected chi connectivity index (χ2v) is 9.92. The molecule has 2 aromatic heterocycles. The van der Waals surface area contributed by atoms with Crippen molar-refractivity contribution >= 4 is 22.4 Å². The average Bonchev–Trinajstić information content (AvgIpc) is 3.52. The van der Waals surface area contributed by atoms with Gasteiger partial charge in [0.25, 0.3) is 5.56 Å². The largest absolute Gasteiger partial charge is 0.354 e. The highest BCUT2D eigenvalue weighted by Crippen LogP contribution is 2.38. The fourth-order valence-electron chi connectivity index (χ4n) is 5.57. The number of rotatable bonds is 3. The Morgan fingerprint density at radius 3 is 2.62 bits per heavy atom. The zero-order valence-corrected chi connectivity index (χ0v) is 20.3. The van der Waals surface area contributed by atoms with Crippen LogP contribution in [0.2, 0.25) is 0 Å². The lowest BCUT2D eigenvalue weighted by atomic mass is 9.78. The van der Waals surface area contributed by atoms with Gasteiger partial charge in [-0.05, 0) is 55.5 Å². The van der Waals surface area contributed by atoms with Gasteiger partial charge < -0.3 is 10.2 Å². The van der Waals surface area contributed by atoms with Gasteiger partial charge in [0.2, 0.25) is 11.5 Å². The number of hydrogen-bond acceptors (Lipinski definition) is 5. The molecule has 0 amide bonds. The molecule has 1 N–H and O–H groups in total. The van der Waals surface area contributed by atoms with Crippen LogP contribution in [0.4, 0.5) is 20.3 Å². The molecule has 8 nitrogen and oxygen atoms in total. The molecule has 0 unspecified atom stereocenters. The zero-order valence-electron chi connectivity index (χ0n) is 20.3. The number of fused-ring (bicyclic) bond motifs is 1. The lowest BCUT2D eigenvalue weighted by molar-refractivity contribution is 0.246. The van der Waals surface area contributed by atoms with Crippen molar-refractivity contribution in [2.75, 3.05) is 31.1 Å². The summed E-state index contributed by atoms with van der Waals surface area (Å²) in [7, 11) is 1.81. The number of aryl methyl sites for hydroxylation is 1. The third kappa shape index (κ3) is 3.86. The summed E-state index contributed by atoms with van der Waals surface area (Å²) < 4.78 is 33.3. The van der Waals surface area contributed by atoms with E-state index in [1.165, 1.54) is 22.8 Å². The number of anilines is 1. The molecule has 2 aromatic carbocycles. The van der Waals surface area contributed by atoms with Crippen LogP contribution in [0.15, 0.2) is 47.4 Å². The van der Waals surface area contributed by atoms with Gasteiger partial charge in [-0.15, -0.1) is 0 Å². The molecule has 0 atom stereocenters. The standard InChI is InChI=1S/C27H25F2N7O/c1-30-21-5-3-17(14-20(21)28)24-33-25(35-11-8-27(9-12-35)7-10-31-16-27)23(29)26(37)36(24)19-4-6-22-18(13-19)15-32-34(22)2/h3-6,13-15,31H,7-12,16H2,2H3. The Kier molecular flexibility index (Phi) is 5.53. The molecule has 4 aromatic rings. The van der Waals surface area contributed by atoms with Gasteiger partial charge in [0.1, 0.15) is 11.6 Å². The maximum atomic E-state index is 15.7. The van der Waals surface area contributed by atoms with Crippen molar-refractivity contribution in [2.45, 2.75) is 19.3 Å². The van der Waals surface area contributed by atoms with E-state index < -0.39 is 17.2 Å². The Hall–Kier alpha value is -4.10. The normalized spacial score (nSPS) is 17.0. The molecular weight excluding hydrogens is 476 g/mol. The summed E-state index contributed by atoms with van der Waals surface area (Å²) in [4.78, 5) is 23.2. The minimum absolute atomic E-state index is 0.0193. The summed E-state index contributed by atoms with van der Waals surface area (Å²) >= 11 is 0. The number of benzene rings is 2. The number of hydrogen-bond donors (Lipinski definition) is 1. The van der Waals surface area contributed by atoms with E-state index in [0.717, 1.165) is 43.3 Å². The fourth-order valence-corrected chi connectivity index (χ4v) is 5.57. The zero-order chi connectivity index (χ0) is 25.7. The van der Waals surface area contributed by atoms with Gasteiger partial charge >= 0.3 is 0 Å². The molecule has 2 saturated heterocycles. The summed E-state index contributed by atoms with van der Waals surface area (Å²) in [6.07, 6.45) is 4.51. The van der Waals surface area contributed by atoms with Crippen molar-refractivity contribution in [3.05, 3.63) is 76.0 Å². The van der Waals surface area contributed by atoms with Crippen molar-refractivity contribution in [3.8, 4) is 17.1 Å². The van der Waals surface area contributed by atoms with Crippen LogP contribution < -0.4 is 15.8 Å². The summed E-state index contributed by atoms with van der Waals surface area (Å²) in [6, 6.07) is 9.27. The summed E-state index contributed by atoms with van der Waals surface area (Å²) in [5.74, 6) is -1.57. The molecule has 2 fully saturated rings. The summed E-state index contributed by atoms with van der Waals surface area (Å²) in [6.45, 7) is 10.3. The molecule has 2 aliphatic heterocycles. The molecular formula is C27H25F2N7O. The molecule has 188 valence electrons. The van der Waals surface area contributed by atoms with Crippen LogP contribution in [0, 0.1) is 23.6 Å². The Morgan fingerprint density at radius 1 is 1.11 bits per heavy atom. The molecule has 6 rings (SSSR count). The highest BCUT2D eigenvalue weighted by molar-refractivity contribution is 5.81. The molecule has 4 heterocycles. The monoisotopic (exact) mass is 501 g/mol. The van der Waals surface area contributed by atoms with Crippen LogP contribution in [0.5, 0.6) is 0 Å². The number of nitrogens with zero attached hydrogens (tertiary/aromatic N) is 6. The quantitative estimate of drug-likeness (QED) is 0.426. The molecule has 37 heavy (non-hydrogen) atoms. The smallest absolute Gasteiger partial charge is 0.296 e. The summed E-state index contributed by atoms with van der Waals surface area (Å²) in [5, 5.41) is 8.42. The van der Waals surface area contributed by atoms with Gasteiger partial charge in [0.05, 0.1) is 24.0 Å². The van der Waals surface area contributed by atoms with Crippen LogP contribution in [-0.2, 0) is 7.05 Å². The Bertz CT molecular complexity index is 1620. The molecule has 0 bridgehead atoms. The van der Waals surface area contributed by atoms with Gasteiger partial charge in [-0.2, -0.15) is 9.49 Å². The van der Waals surface area contributed by atoms with E-state index in [9.17, 15) is 9.18 Å². The first-order valence-corrected chi connectivity index (χ1v) is 12.3. The number of piperidine rings is 1. The Labute approximate surface area is 212 Å². The van der Waals surface area contributed by atoms with Gasteiger partial charge in [-0.25, -0.2) is 14.2 Å². The SMILES string of the molecule is [C-]#[N+]c1ccc(-c2nc(N3CCC4(CCNC4)CC3)c(F)c(=O)n2-c2ccc3c(cnn3C)c2)cc1F. The third-order valence-electron chi connectivity index (χ3n) is 7.78. The van der Waals surface area contributed by atoms with Crippen molar-refractivity contribution in [1.29, 1.82) is 0 Å². The van der Waals surface area contributed by atoms with E-state index in [-0.39, 0.29) is 28.3 Å². The van der Waals surface area contributed by atoms with Crippen LogP contribution in [0.25, 0.3) is 32.8 Å². The van der Waals surface area contributed by atoms with E-state index >= 15 is 4.39 Å². The second-order valence-electron chi connectivity index (χ2n) is 9.92. The van der Waals surface area contributed by atoms with Crippen LogP contribution in [-0.4, -0.2) is 45.5 Å². The molecule has 1 spiro atoms.